The molecule has 0 unspecified atom stereocenters. The Morgan fingerprint density at radius 2 is 2.06 bits per heavy atom. The summed E-state index contributed by atoms with van der Waals surface area (Å²) in [5.41, 5.74) is 2.65. The van der Waals surface area contributed by atoms with Gasteiger partial charge in [-0.25, -0.2) is 5.84 Å². The first-order valence-electron chi connectivity index (χ1n) is 6.11. The summed E-state index contributed by atoms with van der Waals surface area (Å²) in [6, 6.07) is 0. The van der Waals surface area contributed by atoms with Crippen LogP contribution in [0.2, 0.25) is 0 Å². The molecule has 94 valence electrons. The SMILES string of the molecule is CCOC1CC(CC(=NC(C)(C)C)NN)C1. The first kappa shape index (κ1) is 13.5. The average molecular weight is 227 g/mol. The topological polar surface area (TPSA) is 59.6 Å². The van der Waals surface area contributed by atoms with Crippen LogP contribution in [0.25, 0.3) is 0 Å². The predicted molar refractivity (Wildman–Crippen MR) is 67.3 cm³/mol. The molecule has 1 saturated carbocycles. The van der Waals surface area contributed by atoms with Crippen molar-refractivity contribution in [2.75, 3.05) is 6.61 Å². The van der Waals surface area contributed by atoms with Crippen molar-refractivity contribution in [3.8, 4) is 0 Å². The van der Waals surface area contributed by atoms with Crippen molar-refractivity contribution in [3.05, 3.63) is 0 Å². The van der Waals surface area contributed by atoms with Crippen LogP contribution in [-0.4, -0.2) is 24.1 Å². The van der Waals surface area contributed by atoms with Crippen LogP contribution in [0.1, 0.15) is 47.0 Å². The normalized spacial score (nSPS) is 26.4. The lowest BCUT2D eigenvalue weighted by Gasteiger charge is -2.35. The summed E-state index contributed by atoms with van der Waals surface area (Å²) in [5.74, 6) is 7.07. The second-order valence-corrected chi connectivity index (χ2v) is 5.49. The lowest BCUT2D eigenvalue weighted by Crippen LogP contribution is -2.39. The van der Waals surface area contributed by atoms with Crippen LogP contribution < -0.4 is 11.3 Å². The van der Waals surface area contributed by atoms with Gasteiger partial charge in [0.1, 0.15) is 5.84 Å². The largest absolute Gasteiger partial charge is 0.378 e. The molecule has 0 radical (unpaired) electrons. The summed E-state index contributed by atoms with van der Waals surface area (Å²) in [5, 5.41) is 0. The van der Waals surface area contributed by atoms with Gasteiger partial charge in [0.05, 0.1) is 11.6 Å². The van der Waals surface area contributed by atoms with Gasteiger partial charge in [0.2, 0.25) is 0 Å². The van der Waals surface area contributed by atoms with Gasteiger partial charge in [-0.2, -0.15) is 0 Å². The molecule has 0 heterocycles. The fraction of sp³-hybridized carbons (Fsp3) is 0.917. The fourth-order valence-corrected chi connectivity index (χ4v) is 2.03. The van der Waals surface area contributed by atoms with Crippen LogP contribution in [0.15, 0.2) is 4.99 Å². The molecule has 0 spiro atoms. The van der Waals surface area contributed by atoms with Crippen LogP contribution >= 0.6 is 0 Å². The Balaban J connectivity index is 2.34. The van der Waals surface area contributed by atoms with E-state index in [4.69, 9.17) is 10.6 Å². The summed E-state index contributed by atoms with van der Waals surface area (Å²) >= 11 is 0. The molecule has 3 N–H and O–H groups in total. The Labute approximate surface area is 98.6 Å². The van der Waals surface area contributed by atoms with Gasteiger partial charge in [-0.15, -0.1) is 0 Å². The number of hydrogen-bond acceptors (Lipinski definition) is 3. The van der Waals surface area contributed by atoms with Gasteiger partial charge in [-0.1, -0.05) is 0 Å². The van der Waals surface area contributed by atoms with Gasteiger partial charge >= 0.3 is 0 Å². The lowest BCUT2D eigenvalue weighted by atomic mass is 9.79. The Bertz CT molecular complexity index is 239. The number of aliphatic imine (C=N–C) groups is 1. The van der Waals surface area contributed by atoms with Crippen molar-refractivity contribution in [2.24, 2.45) is 16.8 Å². The summed E-state index contributed by atoms with van der Waals surface area (Å²) < 4.78 is 5.53. The molecule has 1 aliphatic rings. The smallest absolute Gasteiger partial charge is 0.111 e. The van der Waals surface area contributed by atoms with Crippen LogP contribution in [0.3, 0.4) is 0 Å². The molecule has 0 saturated heterocycles. The maximum atomic E-state index is 5.53. The minimum absolute atomic E-state index is 0.0647. The third-order valence-electron chi connectivity index (χ3n) is 2.71. The van der Waals surface area contributed by atoms with Gasteiger partial charge in [-0.3, -0.25) is 4.99 Å². The Kier molecular flexibility index (Phi) is 4.74. The minimum Gasteiger partial charge on any atom is -0.378 e. The number of rotatable bonds is 4. The number of ether oxygens (including phenoxy) is 1. The highest BCUT2D eigenvalue weighted by molar-refractivity contribution is 5.82. The first-order chi connectivity index (χ1) is 7.44. The monoisotopic (exact) mass is 227 g/mol. The third kappa shape index (κ3) is 4.49. The van der Waals surface area contributed by atoms with Crippen LogP contribution in [0, 0.1) is 5.92 Å². The zero-order valence-corrected chi connectivity index (χ0v) is 10.9. The number of hydrogen-bond donors (Lipinski definition) is 2. The van der Waals surface area contributed by atoms with Gasteiger partial charge in [-0.05, 0) is 46.5 Å². The lowest BCUT2D eigenvalue weighted by molar-refractivity contribution is -0.0223. The number of amidine groups is 1. The molecule has 4 nitrogen and oxygen atoms in total. The zero-order chi connectivity index (χ0) is 12.2. The van der Waals surface area contributed by atoms with Gasteiger partial charge in [0, 0.05) is 13.0 Å². The van der Waals surface area contributed by atoms with Gasteiger partial charge < -0.3 is 10.2 Å². The highest BCUT2D eigenvalue weighted by atomic mass is 16.5. The van der Waals surface area contributed by atoms with E-state index < -0.39 is 0 Å². The van der Waals surface area contributed by atoms with Crippen molar-refractivity contribution in [1.82, 2.24) is 5.43 Å². The second kappa shape index (κ2) is 5.64. The molecule has 0 amide bonds. The minimum atomic E-state index is -0.0647. The maximum absolute atomic E-state index is 5.53. The van der Waals surface area contributed by atoms with E-state index in [9.17, 15) is 0 Å². The first-order valence-corrected chi connectivity index (χ1v) is 6.11. The van der Waals surface area contributed by atoms with E-state index in [1.54, 1.807) is 0 Å². The highest BCUT2D eigenvalue weighted by Crippen LogP contribution is 2.32. The number of hydrazine groups is 1. The maximum Gasteiger partial charge on any atom is 0.111 e. The van der Waals surface area contributed by atoms with E-state index >= 15 is 0 Å². The Hall–Kier alpha value is -0.610. The number of nitrogens with one attached hydrogen (secondary N) is 1. The molecule has 0 bridgehead atoms. The van der Waals surface area contributed by atoms with E-state index in [1.807, 2.05) is 6.92 Å². The van der Waals surface area contributed by atoms with E-state index in [0.717, 1.165) is 31.7 Å². The van der Waals surface area contributed by atoms with E-state index in [0.29, 0.717) is 12.0 Å². The quantitative estimate of drug-likeness (QED) is 0.333. The predicted octanol–water partition coefficient (Wildman–Crippen LogP) is 1.85. The van der Waals surface area contributed by atoms with Crippen molar-refractivity contribution >= 4 is 5.84 Å². The summed E-state index contributed by atoms with van der Waals surface area (Å²) in [6.07, 6.45) is 3.68. The van der Waals surface area contributed by atoms with E-state index in [1.165, 1.54) is 0 Å². The third-order valence-corrected chi connectivity index (χ3v) is 2.71. The Morgan fingerprint density at radius 3 is 2.50 bits per heavy atom. The molecule has 1 rings (SSSR count). The number of nitrogens with zero attached hydrogens (tertiary/aromatic N) is 1. The zero-order valence-electron chi connectivity index (χ0n) is 10.9. The van der Waals surface area contributed by atoms with Crippen LogP contribution in [0.5, 0.6) is 0 Å². The van der Waals surface area contributed by atoms with Crippen molar-refractivity contribution in [3.63, 3.8) is 0 Å². The van der Waals surface area contributed by atoms with Crippen molar-refractivity contribution in [1.29, 1.82) is 0 Å². The number of nitrogens with two attached hydrogens (primary N) is 1. The second-order valence-electron chi connectivity index (χ2n) is 5.49. The van der Waals surface area contributed by atoms with Crippen molar-refractivity contribution < 1.29 is 4.74 Å². The summed E-state index contributed by atoms with van der Waals surface area (Å²) in [7, 11) is 0. The molecular formula is C12H25N3O. The molecule has 0 aliphatic heterocycles. The summed E-state index contributed by atoms with van der Waals surface area (Å²) in [4.78, 5) is 4.56. The molecule has 0 aromatic carbocycles. The standard InChI is InChI=1S/C12H25N3O/c1-5-16-10-6-9(7-10)8-11(15-13)14-12(2,3)4/h9-10H,5-8,13H2,1-4H3,(H,14,15). The molecule has 0 aromatic heterocycles. The molecule has 1 fully saturated rings. The summed E-state index contributed by atoms with van der Waals surface area (Å²) in [6.45, 7) is 9.09. The molecule has 0 atom stereocenters. The van der Waals surface area contributed by atoms with Crippen LogP contribution in [-0.2, 0) is 4.74 Å². The van der Waals surface area contributed by atoms with E-state index in [2.05, 4.69) is 31.2 Å². The van der Waals surface area contributed by atoms with Crippen LogP contribution in [0.4, 0.5) is 0 Å². The molecule has 0 aromatic rings. The fourth-order valence-electron chi connectivity index (χ4n) is 2.03. The molecule has 16 heavy (non-hydrogen) atoms. The van der Waals surface area contributed by atoms with Gasteiger partial charge in [0.25, 0.3) is 0 Å². The Morgan fingerprint density at radius 1 is 1.44 bits per heavy atom. The highest BCUT2D eigenvalue weighted by Gasteiger charge is 2.30. The van der Waals surface area contributed by atoms with Gasteiger partial charge in [0.15, 0.2) is 0 Å². The molecule has 4 heteroatoms. The van der Waals surface area contributed by atoms with Crippen molar-refractivity contribution in [2.45, 2.75) is 58.6 Å². The average Bonchev–Trinajstić information content (AvgIpc) is 2.11. The molecule has 1 aliphatic carbocycles. The van der Waals surface area contributed by atoms with E-state index in [-0.39, 0.29) is 5.54 Å². The molecular weight excluding hydrogens is 202 g/mol.